The number of hydrogen-bond acceptors (Lipinski definition) is 6. The average Bonchev–Trinajstić information content (AvgIpc) is 2.86. The highest BCUT2D eigenvalue weighted by Gasteiger charge is 2.32. The van der Waals surface area contributed by atoms with Crippen molar-refractivity contribution in [2.24, 2.45) is 10.2 Å². The number of carboxylic acids is 1. The third-order valence-corrected chi connectivity index (χ3v) is 3.77. The molecule has 1 aromatic rings. The molecular formula is C15H13N3O4S. The van der Waals surface area contributed by atoms with E-state index < -0.39 is 11.2 Å². The molecule has 1 fully saturated rings. The number of aliphatic carboxylic acids is 1. The summed E-state index contributed by atoms with van der Waals surface area (Å²) in [5.41, 5.74) is 0.791. The normalized spacial score (nSPS) is 18.8. The summed E-state index contributed by atoms with van der Waals surface area (Å²) in [6.45, 7) is 0.204. The standard InChI is InChI=1S/C15H13N3O4S/c1-2-7-22-11-5-3-10(4-6-11)9-16-18-15-17-14(21)12(23-15)8-13(19)20/h1,3-6,9,12H,7-8H2,(H,19,20)(H,17,18,21). The molecule has 1 heterocycles. The second kappa shape index (κ2) is 8.00. The maximum absolute atomic E-state index is 11.5. The molecule has 2 rings (SSSR count). The van der Waals surface area contributed by atoms with Crippen molar-refractivity contribution in [2.45, 2.75) is 11.7 Å². The molecule has 1 amide bonds. The van der Waals surface area contributed by atoms with Gasteiger partial charge in [-0.15, -0.1) is 11.5 Å². The molecule has 0 aliphatic carbocycles. The van der Waals surface area contributed by atoms with Crippen LogP contribution < -0.4 is 10.1 Å². The van der Waals surface area contributed by atoms with E-state index in [4.69, 9.17) is 16.3 Å². The molecule has 1 saturated heterocycles. The van der Waals surface area contributed by atoms with Crippen LogP contribution in [0.5, 0.6) is 5.75 Å². The number of nitrogens with zero attached hydrogens (tertiary/aromatic N) is 2. The third-order valence-electron chi connectivity index (χ3n) is 2.69. The number of ether oxygens (including phenoxy) is 1. The van der Waals surface area contributed by atoms with E-state index in [1.165, 1.54) is 6.21 Å². The highest BCUT2D eigenvalue weighted by atomic mass is 32.2. The zero-order chi connectivity index (χ0) is 16.7. The van der Waals surface area contributed by atoms with Gasteiger partial charge in [0.1, 0.15) is 17.6 Å². The van der Waals surface area contributed by atoms with Crippen LogP contribution in [0.15, 0.2) is 34.5 Å². The Kier molecular flexibility index (Phi) is 5.77. The molecule has 7 nitrogen and oxygen atoms in total. The lowest BCUT2D eigenvalue weighted by molar-refractivity contribution is -0.138. The first-order chi connectivity index (χ1) is 11.1. The summed E-state index contributed by atoms with van der Waals surface area (Å²) in [7, 11) is 0. The highest BCUT2D eigenvalue weighted by Crippen LogP contribution is 2.22. The minimum absolute atomic E-state index is 0.204. The van der Waals surface area contributed by atoms with Gasteiger partial charge in [0.05, 0.1) is 12.6 Å². The van der Waals surface area contributed by atoms with Crippen molar-refractivity contribution in [1.82, 2.24) is 5.32 Å². The summed E-state index contributed by atoms with van der Waals surface area (Å²) in [5.74, 6) is 1.62. The minimum Gasteiger partial charge on any atom is -0.481 e. The largest absolute Gasteiger partial charge is 0.481 e. The zero-order valence-electron chi connectivity index (χ0n) is 11.9. The van der Waals surface area contributed by atoms with Crippen LogP contribution in [0.3, 0.4) is 0 Å². The third kappa shape index (κ3) is 5.16. The summed E-state index contributed by atoms with van der Waals surface area (Å²) < 4.78 is 5.24. The Hall–Kier alpha value is -2.79. The number of hydrogen-bond donors (Lipinski definition) is 2. The van der Waals surface area contributed by atoms with E-state index in [2.05, 4.69) is 21.4 Å². The number of rotatable bonds is 6. The van der Waals surface area contributed by atoms with Crippen LogP contribution in [-0.2, 0) is 9.59 Å². The van der Waals surface area contributed by atoms with Crippen molar-refractivity contribution < 1.29 is 19.4 Å². The van der Waals surface area contributed by atoms with Crippen molar-refractivity contribution in [3.8, 4) is 18.1 Å². The number of terminal acetylenes is 1. The molecular weight excluding hydrogens is 318 g/mol. The predicted octanol–water partition coefficient (Wildman–Crippen LogP) is 1.09. The summed E-state index contributed by atoms with van der Waals surface area (Å²) in [6.07, 6.45) is 6.36. The van der Waals surface area contributed by atoms with Gasteiger partial charge < -0.3 is 15.2 Å². The number of carboxylic acid groups (broad SMARTS) is 1. The predicted molar refractivity (Wildman–Crippen MR) is 87.6 cm³/mol. The molecule has 8 heteroatoms. The summed E-state index contributed by atoms with van der Waals surface area (Å²) in [4.78, 5) is 22.1. The van der Waals surface area contributed by atoms with Gasteiger partial charge >= 0.3 is 5.97 Å². The Morgan fingerprint density at radius 3 is 2.87 bits per heavy atom. The average molecular weight is 331 g/mol. The van der Waals surface area contributed by atoms with Gasteiger partial charge in [-0.05, 0) is 29.8 Å². The summed E-state index contributed by atoms with van der Waals surface area (Å²) in [5, 5.41) is 18.5. The van der Waals surface area contributed by atoms with Gasteiger partial charge in [0.15, 0.2) is 5.17 Å². The Labute approximate surface area is 136 Å². The number of nitrogens with one attached hydrogen (secondary N) is 1. The van der Waals surface area contributed by atoms with E-state index in [0.29, 0.717) is 5.75 Å². The molecule has 1 aliphatic rings. The molecule has 23 heavy (non-hydrogen) atoms. The second-order valence-corrected chi connectivity index (χ2v) is 5.60. The first-order valence-corrected chi connectivity index (χ1v) is 7.43. The van der Waals surface area contributed by atoms with Crippen molar-refractivity contribution >= 4 is 35.0 Å². The Balaban J connectivity index is 1.92. The lowest BCUT2D eigenvalue weighted by atomic mass is 10.2. The van der Waals surface area contributed by atoms with Crippen molar-refractivity contribution in [2.75, 3.05) is 6.61 Å². The number of carbonyl (C=O) groups is 2. The first-order valence-electron chi connectivity index (χ1n) is 6.55. The van der Waals surface area contributed by atoms with Gasteiger partial charge in [-0.3, -0.25) is 9.59 Å². The molecule has 2 N–H and O–H groups in total. The number of benzene rings is 1. The van der Waals surface area contributed by atoms with Crippen LogP contribution in [0.4, 0.5) is 0 Å². The minimum atomic E-state index is -1.03. The van der Waals surface area contributed by atoms with Gasteiger partial charge in [0.2, 0.25) is 5.91 Å². The van der Waals surface area contributed by atoms with Crippen LogP contribution >= 0.6 is 11.8 Å². The monoisotopic (exact) mass is 331 g/mol. The molecule has 1 aliphatic heterocycles. The van der Waals surface area contributed by atoms with Crippen LogP contribution in [0.2, 0.25) is 0 Å². The topological polar surface area (TPSA) is 100 Å². The van der Waals surface area contributed by atoms with Gasteiger partial charge in [0.25, 0.3) is 0 Å². The molecule has 1 unspecified atom stereocenters. The number of carbonyl (C=O) groups excluding carboxylic acids is 1. The van der Waals surface area contributed by atoms with Crippen molar-refractivity contribution in [1.29, 1.82) is 0 Å². The van der Waals surface area contributed by atoms with E-state index >= 15 is 0 Å². The quantitative estimate of drug-likeness (QED) is 0.462. The van der Waals surface area contributed by atoms with Gasteiger partial charge in [-0.1, -0.05) is 17.7 Å². The van der Waals surface area contributed by atoms with Crippen molar-refractivity contribution in [3.05, 3.63) is 29.8 Å². The molecule has 0 spiro atoms. The highest BCUT2D eigenvalue weighted by molar-refractivity contribution is 8.15. The maximum Gasteiger partial charge on any atom is 0.305 e. The van der Waals surface area contributed by atoms with Crippen LogP contribution in [0, 0.1) is 12.3 Å². The molecule has 0 saturated carbocycles. The number of amidine groups is 1. The fraction of sp³-hybridized carbons (Fsp3) is 0.200. The summed E-state index contributed by atoms with van der Waals surface area (Å²) >= 11 is 1.05. The molecule has 0 bridgehead atoms. The first kappa shape index (κ1) is 16.6. The van der Waals surface area contributed by atoms with Crippen LogP contribution in [-0.4, -0.2) is 40.2 Å². The Bertz CT molecular complexity index is 692. The fourth-order valence-corrected chi connectivity index (χ4v) is 2.58. The fourth-order valence-electron chi connectivity index (χ4n) is 1.67. The summed E-state index contributed by atoms with van der Waals surface area (Å²) in [6, 6.07) is 7.06. The van der Waals surface area contributed by atoms with E-state index in [9.17, 15) is 9.59 Å². The van der Waals surface area contributed by atoms with E-state index in [0.717, 1.165) is 17.3 Å². The van der Waals surface area contributed by atoms with Gasteiger partial charge in [-0.25, -0.2) is 0 Å². The van der Waals surface area contributed by atoms with Crippen molar-refractivity contribution in [3.63, 3.8) is 0 Å². The van der Waals surface area contributed by atoms with Gasteiger partial charge in [0, 0.05) is 0 Å². The lowest BCUT2D eigenvalue weighted by Crippen LogP contribution is -2.26. The lowest BCUT2D eigenvalue weighted by Gasteiger charge is -2.01. The Morgan fingerprint density at radius 1 is 1.48 bits per heavy atom. The SMILES string of the molecule is C#CCOc1ccc(C=NN=C2NC(=O)C(CC(=O)O)S2)cc1. The van der Waals surface area contributed by atoms with Crippen LogP contribution in [0.25, 0.3) is 0 Å². The number of thioether (sulfide) groups is 1. The maximum atomic E-state index is 11.5. The Morgan fingerprint density at radius 2 is 2.22 bits per heavy atom. The van der Waals surface area contributed by atoms with E-state index in [1.807, 2.05) is 0 Å². The molecule has 1 atom stereocenters. The zero-order valence-corrected chi connectivity index (χ0v) is 12.7. The molecule has 0 radical (unpaired) electrons. The second-order valence-electron chi connectivity index (χ2n) is 4.41. The molecule has 118 valence electrons. The molecule has 0 aromatic heterocycles. The molecule has 1 aromatic carbocycles. The van der Waals surface area contributed by atoms with Crippen LogP contribution in [0.1, 0.15) is 12.0 Å². The van der Waals surface area contributed by atoms with E-state index in [1.54, 1.807) is 24.3 Å². The smallest absolute Gasteiger partial charge is 0.305 e. The number of amides is 1. The van der Waals surface area contributed by atoms with Gasteiger partial charge in [-0.2, -0.15) is 5.10 Å². The van der Waals surface area contributed by atoms with E-state index in [-0.39, 0.29) is 24.1 Å².